The van der Waals surface area contributed by atoms with Crippen LogP contribution in [-0.4, -0.2) is 24.0 Å². The van der Waals surface area contributed by atoms with Crippen LogP contribution in [0, 0.1) is 19.8 Å². The molecule has 1 fully saturated rings. The van der Waals surface area contributed by atoms with Crippen LogP contribution in [0.4, 0.5) is 0 Å². The van der Waals surface area contributed by atoms with Crippen molar-refractivity contribution < 1.29 is 0 Å². The highest BCUT2D eigenvalue weighted by Gasteiger charge is 2.25. The van der Waals surface area contributed by atoms with Gasteiger partial charge in [0.15, 0.2) is 0 Å². The van der Waals surface area contributed by atoms with E-state index in [0.29, 0.717) is 5.92 Å². The molecule has 2 nitrogen and oxygen atoms in total. The molecule has 24 heavy (non-hydrogen) atoms. The second kappa shape index (κ2) is 7.69. The van der Waals surface area contributed by atoms with Gasteiger partial charge in [-0.2, -0.15) is 0 Å². The van der Waals surface area contributed by atoms with Gasteiger partial charge >= 0.3 is 0 Å². The number of nitrogens with two attached hydrogens (primary N) is 1. The first-order valence-corrected chi connectivity index (χ1v) is 9.16. The van der Waals surface area contributed by atoms with Crippen LogP contribution in [0.15, 0.2) is 42.5 Å². The minimum atomic E-state index is 0.248. The molecule has 0 aliphatic carbocycles. The summed E-state index contributed by atoms with van der Waals surface area (Å²) in [4.78, 5) is 2.46. The van der Waals surface area contributed by atoms with Gasteiger partial charge in [0.25, 0.3) is 0 Å². The summed E-state index contributed by atoms with van der Waals surface area (Å²) in [5.74, 6) is 0.610. The zero-order valence-electron chi connectivity index (χ0n) is 14.6. The van der Waals surface area contributed by atoms with Crippen molar-refractivity contribution in [3.8, 4) is 0 Å². The largest absolute Gasteiger partial charge is 0.327 e. The summed E-state index contributed by atoms with van der Waals surface area (Å²) in [6.45, 7) is 7.29. The van der Waals surface area contributed by atoms with Crippen LogP contribution in [-0.2, 0) is 13.0 Å². The zero-order valence-corrected chi connectivity index (χ0v) is 15.4. The highest BCUT2D eigenvalue weighted by Crippen LogP contribution is 2.24. The van der Waals surface area contributed by atoms with Gasteiger partial charge in [0, 0.05) is 30.7 Å². The molecule has 1 aliphatic heterocycles. The van der Waals surface area contributed by atoms with Gasteiger partial charge in [-0.25, -0.2) is 0 Å². The molecule has 0 saturated carbocycles. The first-order chi connectivity index (χ1) is 11.5. The Labute approximate surface area is 150 Å². The number of nitrogens with zero attached hydrogens (tertiary/aromatic N) is 1. The van der Waals surface area contributed by atoms with E-state index in [0.717, 1.165) is 37.5 Å². The summed E-state index contributed by atoms with van der Waals surface area (Å²) in [5.41, 5.74) is 11.7. The van der Waals surface area contributed by atoms with Gasteiger partial charge in [-0.3, -0.25) is 4.90 Å². The molecule has 3 rings (SSSR count). The van der Waals surface area contributed by atoms with E-state index in [-0.39, 0.29) is 6.04 Å². The van der Waals surface area contributed by atoms with E-state index in [1.54, 1.807) is 0 Å². The topological polar surface area (TPSA) is 29.3 Å². The van der Waals surface area contributed by atoms with Crippen molar-refractivity contribution in [1.29, 1.82) is 0 Å². The van der Waals surface area contributed by atoms with Crippen molar-refractivity contribution in [2.75, 3.05) is 13.1 Å². The van der Waals surface area contributed by atoms with Crippen LogP contribution < -0.4 is 5.73 Å². The van der Waals surface area contributed by atoms with Gasteiger partial charge in [0.05, 0.1) is 0 Å². The third-order valence-electron chi connectivity index (χ3n) is 5.09. The van der Waals surface area contributed by atoms with Crippen LogP contribution in [0.25, 0.3) is 0 Å². The van der Waals surface area contributed by atoms with E-state index in [4.69, 9.17) is 17.3 Å². The molecule has 2 N–H and O–H groups in total. The Kier molecular flexibility index (Phi) is 5.60. The molecule has 0 amide bonds. The van der Waals surface area contributed by atoms with Crippen LogP contribution in [0.1, 0.15) is 28.7 Å². The number of benzene rings is 2. The molecule has 2 aromatic carbocycles. The number of hydrogen-bond acceptors (Lipinski definition) is 2. The average Bonchev–Trinajstić information content (AvgIpc) is 2.53. The standard InChI is InChI=1S/C21H27ClN2/c1-15-7-8-17(9-16(15)2)10-18-11-20(23)14-24(12-18)13-19-5-3-4-6-21(19)22/h3-9,18,20H,10-14,23H2,1-2H3. The molecule has 2 unspecified atom stereocenters. The van der Waals surface area contributed by atoms with Crippen LogP contribution >= 0.6 is 11.6 Å². The normalized spacial score (nSPS) is 21.8. The summed E-state index contributed by atoms with van der Waals surface area (Å²) in [7, 11) is 0. The molecule has 1 heterocycles. The lowest BCUT2D eigenvalue weighted by Crippen LogP contribution is -2.47. The summed E-state index contributed by atoms with van der Waals surface area (Å²) in [6, 6.07) is 15.2. The quantitative estimate of drug-likeness (QED) is 0.895. The number of likely N-dealkylation sites (tertiary alicyclic amines) is 1. The minimum absolute atomic E-state index is 0.248. The third-order valence-corrected chi connectivity index (χ3v) is 5.46. The lowest BCUT2D eigenvalue weighted by Gasteiger charge is -2.36. The fourth-order valence-corrected chi connectivity index (χ4v) is 3.95. The van der Waals surface area contributed by atoms with Crippen LogP contribution in [0.2, 0.25) is 5.02 Å². The van der Waals surface area contributed by atoms with Gasteiger partial charge < -0.3 is 5.73 Å². The predicted octanol–water partition coefficient (Wildman–Crippen LogP) is 4.35. The molecule has 2 atom stereocenters. The van der Waals surface area contributed by atoms with Crippen LogP contribution in [0.5, 0.6) is 0 Å². The number of rotatable bonds is 4. The van der Waals surface area contributed by atoms with Crippen LogP contribution in [0.3, 0.4) is 0 Å². The van der Waals surface area contributed by atoms with Crippen molar-refractivity contribution in [2.45, 2.75) is 39.3 Å². The highest BCUT2D eigenvalue weighted by atomic mass is 35.5. The van der Waals surface area contributed by atoms with Crippen molar-refractivity contribution >= 4 is 11.6 Å². The van der Waals surface area contributed by atoms with E-state index in [1.165, 1.54) is 22.3 Å². The van der Waals surface area contributed by atoms with Crippen molar-refractivity contribution in [2.24, 2.45) is 11.7 Å². The average molecular weight is 343 g/mol. The fraction of sp³-hybridized carbons (Fsp3) is 0.429. The summed E-state index contributed by atoms with van der Waals surface area (Å²) in [5, 5.41) is 0.849. The molecule has 128 valence electrons. The smallest absolute Gasteiger partial charge is 0.0451 e. The Hall–Kier alpha value is -1.35. The van der Waals surface area contributed by atoms with E-state index in [9.17, 15) is 0 Å². The Balaban J connectivity index is 1.66. The molecule has 0 spiro atoms. The fourth-order valence-electron chi connectivity index (χ4n) is 3.76. The zero-order chi connectivity index (χ0) is 17.1. The lowest BCUT2D eigenvalue weighted by atomic mass is 9.88. The van der Waals surface area contributed by atoms with E-state index < -0.39 is 0 Å². The van der Waals surface area contributed by atoms with Gasteiger partial charge in [0.1, 0.15) is 0 Å². The monoisotopic (exact) mass is 342 g/mol. The molecular weight excluding hydrogens is 316 g/mol. The maximum atomic E-state index is 6.34. The molecule has 0 aromatic heterocycles. The second-order valence-corrected chi connectivity index (χ2v) is 7.68. The number of aryl methyl sites for hydroxylation is 2. The van der Waals surface area contributed by atoms with E-state index in [2.05, 4.69) is 49.1 Å². The maximum absolute atomic E-state index is 6.34. The molecule has 1 saturated heterocycles. The molecule has 3 heteroatoms. The summed E-state index contributed by atoms with van der Waals surface area (Å²) < 4.78 is 0. The Morgan fingerprint density at radius 2 is 1.88 bits per heavy atom. The summed E-state index contributed by atoms with van der Waals surface area (Å²) in [6.07, 6.45) is 2.21. The van der Waals surface area contributed by atoms with E-state index in [1.807, 2.05) is 12.1 Å². The molecule has 0 bridgehead atoms. The van der Waals surface area contributed by atoms with Gasteiger partial charge in [-0.1, -0.05) is 48.0 Å². The molecule has 1 aliphatic rings. The predicted molar refractivity (Wildman–Crippen MR) is 102 cm³/mol. The molecular formula is C21H27ClN2. The highest BCUT2D eigenvalue weighted by molar-refractivity contribution is 6.31. The Morgan fingerprint density at radius 3 is 2.62 bits per heavy atom. The Bertz CT molecular complexity index is 698. The van der Waals surface area contributed by atoms with Crippen molar-refractivity contribution in [3.63, 3.8) is 0 Å². The van der Waals surface area contributed by atoms with Gasteiger partial charge in [-0.15, -0.1) is 0 Å². The SMILES string of the molecule is Cc1ccc(CC2CC(N)CN(Cc3ccccc3Cl)C2)cc1C. The number of piperidine rings is 1. The van der Waals surface area contributed by atoms with Crippen molar-refractivity contribution in [1.82, 2.24) is 4.90 Å². The van der Waals surface area contributed by atoms with Crippen molar-refractivity contribution in [3.05, 3.63) is 69.7 Å². The first kappa shape index (κ1) is 17.5. The molecule has 2 aromatic rings. The van der Waals surface area contributed by atoms with Gasteiger partial charge in [0.2, 0.25) is 0 Å². The third kappa shape index (κ3) is 4.38. The number of hydrogen-bond donors (Lipinski definition) is 1. The van der Waals surface area contributed by atoms with Gasteiger partial charge in [-0.05, 0) is 60.9 Å². The maximum Gasteiger partial charge on any atom is 0.0451 e. The lowest BCUT2D eigenvalue weighted by molar-refractivity contribution is 0.149. The van der Waals surface area contributed by atoms with E-state index >= 15 is 0 Å². The second-order valence-electron chi connectivity index (χ2n) is 7.27. The Morgan fingerprint density at radius 1 is 1.08 bits per heavy atom. The molecule has 0 radical (unpaired) electrons. The first-order valence-electron chi connectivity index (χ1n) is 8.78. The number of halogens is 1. The summed E-state index contributed by atoms with van der Waals surface area (Å²) >= 11 is 6.32. The minimum Gasteiger partial charge on any atom is -0.327 e.